The standard InChI is InChI=1S/C20H20N6O3/c1-4-25-12-13(3)16(23-25)19(27)22-17-15(11-21)26(14-9-7-6-8-10-14)24-18(17)20(28)29-5-2/h6-10,12H,4-5H2,1-3H3,(H,22,27). The SMILES string of the molecule is CCOC(=O)c1nn(-c2ccccc2)c(C#N)c1NC(=O)c1nn(CC)cc1C. The zero-order valence-electron chi connectivity index (χ0n) is 16.3. The van der Waals surface area contributed by atoms with Crippen LogP contribution in [0.25, 0.3) is 5.69 Å². The van der Waals surface area contributed by atoms with Crippen LogP contribution in [-0.2, 0) is 11.3 Å². The summed E-state index contributed by atoms with van der Waals surface area (Å²) < 4.78 is 7.99. The maximum absolute atomic E-state index is 12.8. The van der Waals surface area contributed by atoms with Gasteiger partial charge in [-0.25, -0.2) is 9.48 Å². The first kappa shape index (κ1) is 19.8. The van der Waals surface area contributed by atoms with Gasteiger partial charge in [-0.3, -0.25) is 9.48 Å². The highest BCUT2D eigenvalue weighted by Gasteiger charge is 2.27. The van der Waals surface area contributed by atoms with Crippen LogP contribution in [0.15, 0.2) is 36.5 Å². The molecule has 0 fully saturated rings. The van der Waals surface area contributed by atoms with Gasteiger partial charge in [0.1, 0.15) is 11.8 Å². The highest BCUT2D eigenvalue weighted by atomic mass is 16.5. The molecule has 0 saturated carbocycles. The van der Waals surface area contributed by atoms with Gasteiger partial charge < -0.3 is 10.1 Å². The second-order valence-corrected chi connectivity index (χ2v) is 6.12. The van der Waals surface area contributed by atoms with Gasteiger partial charge >= 0.3 is 5.97 Å². The van der Waals surface area contributed by atoms with Gasteiger partial charge in [0.05, 0.1) is 12.3 Å². The van der Waals surface area contributed by atoms with E-state index in [-0.39, 0.29) is 29.4 Å². The summed E-state index contributed by atoms with van der Waals surface area (Å²) in [5.41, 5.74) is 1.31. The molecule has 0 unspecified atom stereocenters. The van der Waals surface area contributed by atoms with E-state index in [2.05, 4.69) is 15.5 Å². The molecule has 3 aromatic rings. The Morgan fingerprint density at radius 2 is 1.90 bits per heavy atom. The predicted octanol–water partition coefficient (Wildman–Crippen LogP) is 2.70. The number of nitrogens with zero attached hydrogens (tertiary/aromatic N) is 5. The summed E-state index contributed by atoms with van der Waals surface area (Å²) in [6, 6.07) is 10.9. The van der Waals surface area contributed by atoms with Crippen LogP contribution in [0.2, 0.25) is 0 Å². The first-order valence-electron chi connectivity index (χ1n) is 9.11. The molecule has 0 spiro atoms. The average Bonchev–Trinajstić information content (AvgIpc) is 3.29. The molecule has 1 aromatic carbocycles. The number of esters is 1. The molecule has 0 radical (unpaired) electrons. The number of amides is 1. The van der Waals surface area contributed by atoms with Gasteiger partial charge in [-0.05, 0) is 32.9 Å². The van der Waals surface area contributed by atoms with Gasteiger partial charge in [-0.1, -0.05) is 18.2 Å². The van der Waals surface area contributed by atoms with E-state index in [4.69, 9.17) is 4.74 Å². The molecular formula is C20H20N6O3. The number of hydrogen-bond acceptors (Lipinski definition) is 6. The fraction of sp³-hybridized carbons (Fsp3) is 0.250. The van der Waals surface area contributed by atoms with Crippen LogP contribution in [-0.4, -0.2) is 38.0 Å². The zero-order chi connectivity index (χ0) is 21.0. The molecule has 0 aliphatic rings. The first-order chi connectivity index (χ1) is 14.0. The summed E-state index contributed by atoms with van der Waals surface area (Å²) in [6.45, 7) is 6.07. The lowest BCUT2D eigenvalue weighted by molar-refractivity contribution is 0.0520. The van der Waals surface area contributed by atoms with Crippen molar-refractivity contribution < 1.29 is 14.3 Å². The molecular weight excluding hydrogens is 372 g/mol. The third-order valence-electron chi connectivity index (χ3n) is 4.18. The number of aryl methyl sites for hydroxylation is 2. The van der Waals surface area contributed by atoms with Crippen LogP contribution in [0.4, 0.5) is 5.69 Å². The van der Waals surface area contributed by atoms with E-state index < -0.39 is 11.9 Å². The number of aromatic nitrogens is 4. The van der Waals surface area contributed by atoms with Gasteiger partial charge in [0, 0.05) is 18.3 Å². The Bertz CT molecular complexity index is 1090. The van der Waals surface area contributed by atoms with E-state index >= 15 is 0 Å². The van der Waals surface area contributed by atoms with E-state index in [1.165, 1.54) is 4.68 Å². The molecule has 9 nitrogen and oxygen atoms in total. The van der Waals surface area contributed by atoms with Crippen molar-refractivity contribution >= 4 is 17.6 Å². The fourth-order valence-corrected chi connectivity index (χ4v) is 2.82. The quantitative estimate of drug-likeness (QED) is 0.645. The maximum atomic E-state index is 12.8. The molecule has 1 N–H and O–H groups in total. The van der Waals surface area contributed by atoms with Crippen molar-refractivity contribution in [3.63, 3.8) is 0 Å². The number of rotatable bonds is 6. The van der Waals surface area contributed by atoms with Crippen LogP contribution < -0.4 is 5.32 Å². The molecule has 29 heavy (non-hydrogen) atoms. The number of nitriles is 1. The third-order valence-corrected chi connectivity index (χ3v) is 4.18. The predicted molar refractivity (Wildman–Crippen MR) is 105 cm³/mol. The summed E-state index contributed by atoms with van der Waals surface area (Å²) in [6.07, 6.45) is 1.75. The highest BCUT2D eigenvalue weighted by molar-refractivity contribution is 6.08. The van der Waals surface area contributed by atoms with Crippen LogP contribution >= 0.6 is 0 Å². The van der Waals surface area contributed by atoms with Gasteiger partial charge in [0.25, 0.3) is 5.91 Å². The highest BCUT2D eigenvalue weighted by Crippen LogP contribution is 2.25. The van der Waals surface area contributed by atoms with Crippen molar-refractivity contribution in [2.45, 2.75) is 27.3 Å². The lowest BCUT2D eigenvalue weighted by Crippen LogP contribution is -2.17. The average molecular weight is 392 g/mol. The minimum Gasteiger partial charge on any atom is -0.461 e. The molecule has 3 rings (SSSR count). The van der Waals surface area contributed by atoms with E-state index in [9.17, 15) is 14.9 Å². The molecule has 0 saturated heterocycles. The van der Waals surface area contributed by atoms with Crippen molar-refractivity contribution in [1.82, 2.24) is 19.6 Å². The lowest BCUT2D eigenvalue weighted by atomic mass is 10.2. The number of ether oxygens (including phenoxy) is 1. The number of hydrogen-bond donors (Lipinski definition) is 1. The molecule has 2 heterocycles. The van der Waals surface area contributed by atoms with E-state index in [1.807, 2.05) is 19.1 Å². The van der Waals surface area contributed by atoms with Crippen molar-refractivity contribution in [2.75, 3.05) is 11.9 Å². The van der Waals surface area contributed by atoms with E-state index in [1.54, 1.807) is 49.0 Å². The number of benzene rings is 1. The Hall–Kier alpha value is -3.93. The molecule has 0 aliphatic carbocycles. The number of anilines is 1. The number of nitrogens with one attached hydrogen (secondary N) is 1. The van der Waals surface area contributed by atoms with Crippen molar-refractivity contribution in [2.24, 2.45) is 0 Å². The minimum absolute atomic E-state index is 0.00903. The van der Waals surface area contributed by atoms with Crippen LogP contribution in [0.5, 0.6) is 0 Å². The molecule has 1 amide bonds. The topological polar surface area (TPSA) is 115 Å². The Balaban J connectivity index is 2.09. The van der Waals surface area contributed by atoms with Crippen molar-refractivity contribution in [3.8, 4) is 11.8 Å². The van der Waals surface area contributed by atoms with Gasteiger partial charge in [0.15, 0.2) is 17.1 Å². The Kier molecular flexibility index (Phi) is 5.74. The Labute approximate surface area is 167 Å². The van der Waals surface area contributed by atoms with Crippen molar-refractivity contribution in [1.29, 1.82) is 5.26 Å². The normalized spacial score (nSPS) is 10.4. The summed E-state index contributed by atoms with van der Waals surface area (Å²) in [4.78, 5) is 25.3. The molecule has 148 valence electrons. The van der Waals surface area contributed by atoms with Crippen molar-refractivity contribution in [3.05, 3.63) is 59.2 Å². The van der Waals surface area contributed by atoms with E-state index in [0.29, 0.717) is 17.8 Å². The summed E-state index contributed by atoms with van der Waals surface area (Å²) in [5, 5.41) is 20.8. The molecule has 2 aromatic heterocycles. The van der Waals surface area contributed by atoms with Crippen LogP contribution in [0, 0.1) is 18.3 Å². The van der Waals surface area contributed by atoms with E-state index in [0.717, 1.165) is 0 Å². The summed E-state index contributed by atoms with van der Waals surface area (Å²) in [5.74, 6) is -1.27. The largest absolute Gasteiger partial charge is 0.461 e. The Morgan fingerprint density at radius 1 is 1.17 bits per heavy atom. The zero-order valence-corrected chi connectivity index (χ0v) is 16.3. The van der Waals surface area contributed by atoms with Crippen LogP contribution in [0.3, 0.4) is 0 Å². The summed E-state index contributed by atoms with van der Waals surface area (Å²) in [7, 11) is 0. The lowest BCUT2D eigenvalue weighted by Gasteiger charge is -2.05. The number of para-hydroxylation sites is 1. The second kappa shape index (κ2) is 8.39. The van der Waals surface area contributed by atoms with Gasteiger partial charge in [-0.15, -0.1) is 0 Å². The molecule has 9 heteroatoms. The Morgan fingerprint density at radius 3 is 2.48 bits per heavy atom. The monoisotopic (exact) mass is 392 g/mol. The maximum Gasteiger partial charge on any atom is 0.361 e. The second-order valence-electron chi connectivity index (χ2n) is 6.12. The third kappa shape index (κ3) is 3.87. The molecule has 0 atom stereocenters. The molecule has 0 bridgehead atoms. The number of carbonyl (C=O) groups excluding carboxylic acids is 2. The number of carbonyl (C=O) groups is 2. The van der Waals surface area contributed by atoms with Crippen LogP contribution in [0.1, 0.15) is 46.1 Å². The first-order valence-corrected chi connectivity index (χ1v) is 9.11. The fourth-order valence-electron chi connectivity index (χ4n) is 2.82. The molecule has 0 aliphatic heterocycles. The smallest absolute Gasteiger partial charge is 0.361 e. The van der Waals surface area contributed by atoms with Gasteiger partial charge in [0.2, 0.25) is 0 Å². The van der Waals surface area contributed by atoms with Gasteiger partial charge in [-0.2, -0.15) is 15.5 Å². The minimum atomic E-state index is -0.732. The summed E-state index contributed by atoms with van der Waals surface area (Å²) >= 11 is 0.